The summed E-state index contributed by atoms with van der Waals surface area (Å²) >= 11 is 0. The highest BCUT2D eigenvalue weighted by atomic mass is 28.4. The van der Waals surface area contributed by atoms with E-state index >= 15 is 0 Å². The molecule has 0 saturated heterocycles. The van der Waals surface area contributed by atoms with E-state index in [9.17, 15) is 9.18 Å². The predicted octanol–water partition coefficient (Wildman–Crippen LogP) is 7.93. The molecule has 0 fully saturated rings. The molecule has 0 unspecified atom stereocenters. The van der Waals surface area contributed by atoms with Gasteiger partial charge in [0.2, 0.25) is 0 Å². The van der Waals surface area contributed by atoms with E-state index in [0.29, 0.717) is 43.2 Å². The number of carbonyl (C=O) groups is 1. The van der Waals surface area contributed by atoms with Crippen LogP contribution in [0, 0.1) is 5.82 Å². The number of aromatic nitrogens is 3. The van der Waals surface area contributed by atoms with Gasteiger partial charge in [0.15, 0.2) is 8.32 Å². The molecule has 232 valence electrons. The summed E-state index contributed by atoms with van der Waals surface area (Å²) in [5.41, 5.74) is 5.33. The molecule has 0 saturated carbocycles. The van der Waals surface area contributed by atoms with Gasteiger partial charge in [-0.05, 0) is 71.1 Å². The van der Waals surface area contributed by atoms with Crippen LogP contribution in [0.1, 0.15) is 62.2 Å². The largest absolute Gasteiger partial charge is 0.489 e. The van der Waals surface area contributed by atoms with Crippen molar-refractivity contribution in [1.82, 2.24) is 19.7 Å². The van der Waals surface area contributed by atoms with E-state index in [2.05, 4.69) is 38.8 Å². The highest BCUT2D eigenvalue weighted by molar-refractivity contribution is 6.74. The molecule has 0 spiro atoms. The van der Waals surface area contributed by atoms with Crippen LogP contribution in [0.2, 0.25) is 18.1 Å². The van der Waals surface area contributed by atoms with Crippen molar-refractivity contribution < 1.29 is 18.3 Å². The van der Waals surface area contributed by atoms with E-state index in [1.807, 2.05) is 72.0 Å². The molecule has 0 N–H and O–H groups in total. The van der Waals surface area contributed by atoms with Crippen molar-refractivity contribution in [1.29, 1.82) is 0 Å². The van der Waals surface area contributed by atoms with Gasteiger partial charge in [0, 0.05) is 36.6 Å². The Balaban J connectivity index is 1.39. The molecular formula is C35H43FN4O3Si. The van der Waals surface area contributed by atoms with Crippen LogP contribution in [0.4, 0.5) is 4.39 Å². The van der Waals surface area contributed by atoms with Crippen LogP contribution < -0.4 is 4.74 Å². The second-order valence-electron chi connectivity index (χ2n) is 13.3. The Morgan fingerprint density at radius 2 is 1.68 bits per heavy atom. The van der Waals surface area contributed by atoms with Crippen molar-refractivity contribution in [3.8, 4) is 28.1 Å². The predicted molar refractivity (Wildman–Crippen MR) is 175 cm³/mol. The van der Waals surface area contributed by atoms with Gasteiger partial charge in [-0.25, -0.2) is 4.39 Å². The zero-order chi connectivity index (χ0) is 31.6. The van der Waals surface area contributed by atoms with Crippen molar-refractivity contribution in [3.05, 3.63) is 89.6 Å². The molecule has 2 aromatic carbocycles. The zero-order valence-corrected chi connectivity index (χ0v) is 27.9. The number of halogens is 1. The first-order valence-corrected chi connectivity index (χ1v) is 18.2. The van der Waals surface area contributed by atoms with Crippen LogP contribution in [0.3, 0.4) is 0 Å². The van der Waals surface area contributed by atoms with Gasteiger partial charge >= 0.3 is 0 Å². The summed E-state index contributed by atoms with van der Waals surface area (Å²) in [6.45, 7) is 17.6. The number of amides is 1. The number of pyridine rings is 1. The minimum Gasteiger partial charge on any atom is -0.489 e. The molecule has 1 amide bonds. The summed E-state index contributed by atoms with van der Waals surface area (Å²) in [5, 5.41) is 5.02. The Bertz CT molecular complexity index is 1610. The summed E-state index contributed by atoms with van der Waals surface area (Å²) in [4.78, 5) is 20.0. The van der Waals surface area contributed by atoms with Gasteiger partial charge in [-0.2, -0.15) is 5.10 Å². The maximum absolute atomic E-state index is 14.5. The topological polar surface area (TPSA) is 69.5 Å². The third-order valence-corrected chi connectivity index (χ3v) is 13.4. The third kappa shape index (κ3) is 6.64. The fourth-order valence-electron chi connectivity index (χ4n) is 5.15. The Morgan fingerprint density at radius 1 is 0.977 bits per heavy atom. The normalized spacial score (nSPS) is 13.8. The average molecular weight is 615 g/mol. The summed E-state index contributed by atoms with van der Waals surface area (Å²) in [6.07, 6.45) is 3.47. The molecule has 0 aliphatic carbocycles. The molecule has 4 aromatic rings. The molecule has 0 bridgehead atoms. The number of fused-ring (bicyclic) bond motifs is 1. The Kier molecular flexibility index (Phi) is 9.09. The maximum atomic E-state index is 14.5. The van der Waals surface area contributed by atoms with Gasteiger partial charge in [0.25, 0.3) is 5.91 Å². The van der Waals surface area contributed by atoms with E-state index in [0.717, 1.165) is 27.9 Å². The van der Waals surface area contributed by atoms with Crippen molar-refractivity contribution in [3.63, 3.8) is 0 Å². The van der Waals surface area contributed by atoms with Crippen molar-refractivity contribution in [2.45, 2.75) is 71.8 Å². The molecular weight excluding hydrogens is 571 g/mol. The summed E-state index contributed by atoms with van der Waals surface area (Å²) < 4.78 is 28.7. The Labute approximate surface area is 261 Å². The van der Waals surface area contributed by atoms with E-state index in [4.69, 9.17) is 14.3 Å². The maximum Gasteiger partial charge on any atom is 0.272 e. The minimum absolute atomic E-state index is 0.0508. The van der Waals surface area contributed by atoms with Crippen LogP contribution in [0.5, 0.6) is 5.75 Å². The van der Waals surface area contributed by atoms with Crippen LogP contribution in [0.15, 0.2) is 67.0 Å². The Hall–Kier alpha value is -3.82. The molecule has 0 radical (unpaired) electrons. The van der Waals surface area contributed by atoms with Crippen molar-refractivity contribution in [2.75, 3.05) is 19.7 Å². The first kappa shape index (κ1) is 31.6. The summed E-state index contributed by atoms with van der Waals surface area (Å²) in [7, 11) is -1.92. The van der Waals surface area contributed by atoms with Crippen molar-refractivity contribution >= 4 is 14.2 Å². The molecule has 3 heterocycles. The number of carbonyl (C=O) groups excluding carboxylic acids is 1. The van der Waals surface area contributed by atoms with E-state index < -0.39 is 8.32 Å². The molecule has 9 heteroatoms. The fourth-order valence-corrected chi connectivity index (χ4v) is 6.18. The second-order valence-corrected chi connectivity index (χ2v) is 18.1. The lowest BCUT2D eigenvalue weighted by Gasteiger charge is -2.37. The SMILES string of the molecule is CC(C)c1ccc(COc2ccc(-c3c(-c4ccncc4)nn4c3C(=O)N(CCO[Si](C)(C)C(C)(C)C)CC4)cc2)cc1F. The first-order chi connectivity index (χ1) is 20.9. The fraction of sp³-hybridized carbons (Fsp3) is 0.400. The van der Waals surface area contributed by atoms with Gasteiger partial charge in [0.05, 0.1) is 13.2 Å². The van der Waals surface area contributed by atoms with Gasteiger partial charge in [-0.15, -0.1) is 0 Å². The van der Waals surface area contributed by atoms with Crippen LogP contribution in [-0.2, 0) is 17.6 Å². The monoisotopic (exact) mass is 614 g/mol. The van der Waals surface area contributed by atoms with E-state index in [1.54, 1.807) is 18.5 Å². The van der Waals surface area contributed by atoms with Gasteiger partial charge in [-0.1, -0.05) is 58.9 Å². The number of hydrogen-bond donors (Lipinski definition) is 0. The number of benzene rings is 2. The zero-order valence-electron chi connectivity index (χ0n) is 26.9. The number of nitrogens with zero attached hydrogens (tertiary/aromatic N) is 4. The lowest BCUT2D eigenvalue weighted by molar-refractivity contribution is 0.0666. The van der Waals surface area contributed by atoms with E-state index in [-0.39, 0.29) is 29.3 Å². The third-order valence-electron chi connectivity index (χ3n) is 8.84. The highest BCUT2D eigenvalue weighted by Gasteiger charge is 2.38. The second kappa shape index (κ2) is 12.7. The standard InChI is InChI=1S/C35H43FN4O3Si/c1-24(2)29-13-8-25(22-30(29)36)23-42-28-11-9-26(10-12-28)31-32(27-14-16-37-17-15-27)38-40-19-18-39(34(41)33(31)40)20-21-43-44(6,7)35(3,4)5/h8-17,22,24H,18-21,23H2,1-7H3. The first-order valence-electron chi connectivity index (χ1n) is 15.3. The molecule has 2 aromatic heterocycles. The minimum atomic E-state index is -1.92. The quantitative estimate of drug-likeness (QED) is 0.170. The summed E-state index contributed by atoms with van der Waals surface area (Å²) in [6, 6.07) is 16.8. The summed E-state index contributed by atoms with van der Waals surface area (Å²) in [5.74, 6) is 0.518. The average Bonchev–Trinajstić information content (AvgIpc) is 3.38. The van der Waals surface area contributed by atoms with Crippen LogP contribution >= 0.6 is 0 Å². The molecule has 0 atom stereocenters. The molecule has 5 rings (SSSR count). The smallest absolute Gasteiger partial charge is 0.272 e. The van der Waals surface area contributed by atoms with Crippen LogP contribution in [-0.4, -0.2) is 53.6 Å². The number of ether oxygens (including phenoxy) is 1. The lowest BCUT2D eigenvalue weighted by atomic mass is 9.98. The van der Waals surface area contributed by atoms with Gasteiger partial charge in [0.1, 0.15) is 29.6 Å². The van der Waals surface area contributed by atoms with Gasteiger partial charge in [-0.3, -0.25) is 14.5 Å². The molecule has 7 nitrogen and oxygen atoms in total. The van der Waals surface area contributed by atoms with Gasteiger partial charge < -0.3 is 14.1 Å². The highest BCUT2D eigenvalue weighted by Crippen LogP contribution is 2.38. The lowest BCUT2D eigenvalue weighted by Crippen LogP contribution is -2.46. The molecule has 1 aliphatic heterocycles. The molecule has 1 aliphatic rings. The van der Waals surface area contributed by atoms with E-state index in [1.165, 1.54) is 0 Å². The van der Waals surface area contributed by atoms with Crippen LogP contribution in [0.25, 0.3) is 22.4 Å². The number of hydrogen-bond acceptors (Lipinski definition) is 5. The Morgan fingerprint density at radius 3 is 2.32 bits per heavy atom. The number of rotatable bonds is 10. The van der Waals surface area contributed by atoms with Crippen molar-refractivity contribution in [2.24, 2.45) is 0 Å². The molecule has 44 heavy (non-hydrogen) atoms.